The fraction of sp³-hybridized carbons (Fsp3) is 0.200. The first-order chi connectivity index (χ1) is 12.7. The maximum absolute atomic E-state index is 12.1. The lowest BCUT2D eigenvalue weighted by Crippen LogP contribution is -2.20. The number of ether oxygens (including phenoxy) is 2. The zero-order chi connectivity index (χ0) is 18.2. The highest BCUT2D eigenvalue weighted by molar-refractivity contribution is 5.91. The van der Waals surface area contributed by atoms with Gasteiger partial charge >= 0.3 is 0 Å². The number of hydrogen-bond acceptors (Lipinski definition) is 4. The Bertz CT molecular complexity index is 830. The molecule has 134 valence electrons. The van der Waals surface area contributed by atoms with Crippen LogP contribution in [0.5, 0.6) is 11.5 Å². The number of carbonyl (C=O) groups excluding carboxylic acids is 1. The Balaban J connectivity index is 1.51. The van der Waals surface area contributed by atoms with Gasteiger partial charge in [-0.05, 0) is 55.0 Å². The molecule has 0 aliphatic rings. The van der Waals surface area contributed by atoms with Crippen molar-refractivity contribution in [1.82, 2.24) is 9.78 Å². The Kier molecular flexibility index (Phi) is 5.88. The molecule has 1 amide bonds. The SMILES string of the molecule is CCOc1ccc(OCC(=O)Nc2cccc(Cn3cccn3)c2)cc1. The lowest BCUT2D eigenvalue weighted by atomic mass is 10.2. The van der Waals surface area contributed by atoms with Crippen molar-refractivity contribution in [3.8, 4) is 11.5 Å². The summed E-state index contributed by atoms with van der Waals surface area (Å²) >= 11 is 0. The minimum atomic E-state index is -0.213. The number of nitrogens with zero attached hydrogens (tertiary/aromatic N) is 2. The van der Waals surface area contributed by atoms with Crippen LogP contribution in [0.1, 0.15) is 12.5 Å². The van der Waals surface area contributed by atoms with Gasteiger partial charge in [0.25, 0.3) is 5.91 Å². The van der Waals surface area contributed by atoms with Crippen molar-refractivity contribution in [3.63, 3.8) is 0 Å². The minimum Gasteiger partial charge on any atom is -0.494 e. The van der Waals surface area contributed by atoms with E-state index in [0.717, 1.165) is 17.0 Å². The van der Waals surface area contributed by atoms with Crippen LogP contribution in [-0.4, -0.2) is 28.9 Å². The predicted molar refractivity (Wildman–Crippen MR) is 99.5 cm³/mol. The van der Waals surface area contributed by atoms with Gasteiger partial charge < -0.3 is 14.8 Å². The molecule has 0 saturated heterocycles. The molecule has 0 aliphatic heterocycles. The van der Waals surface area contributed by atoms with Crippen LogP contribution in [0.4, 0.5) is 5.69 Å². The van der Waals surface area contributed by atoms with Crippen LogP contribution < -0.4 is 14.8 Å². The molecule has 0 radical (unpaired) electrons. The standard InChI is InChI=1S/C20H21N3O3/c1-2-25-18-7-9-19(10-8-18)26-15-20(24)22-17-6-3-5-16(13-17)14-23-12-4-11-21-23/h3-13H,2,14-15H2,1H3,(H,22,24). The Labute approximate surface area is 152 Å². The lowest BCUT2D eigenvalue weighted by molar-refractivity contribution is -0.118. The number of nitrogens with one attached hydrogen (secondary N) is 1. The van der Waals surface area contributed by atoms with Gasteiger partial charge in [0.1, 0.15) is 11.5 Å². The highest BCUT2D eigenvalue weighted by atomic mass is 16.5. The Morgan fingerprint density at radius 2 is 1.85 bits per heavy atom. The van der Waals surface area contributed by atoms with Gasteiger partial charge in [0.05, 0.1) is 13.2 Å². The van der Waals surface area contributed by atoms with Crippen LogP contribution in [0.2, 0.25) is 0 Å². The van der Waals surface area contributed by atoms with Crippen molar-refractivity contribution in [2.24, 2.45) is 0 Å². The van der Waals surface area contributed by atoms with Gasteiger partial charge in [0.15, 0.2) is 6.61 Å². The maximum Gasteiger partial charge on any atom is 0.262 e. The summed E-state index contributed by atoms with van der Waals surface area (Å²) < 4.78 is 12.7. The molecule has 0 atom stereocenters. The van der Waals surface area contributed by atoms with Gasteiger partial charge in [-0.15, -0.1) is 0 Å². The molecular weight excluding hydrogens is 330 g/mol. The summed E-state index contributed by atoms with van der Waals surface area (Å²) in [6, 6.07) is 16.7. The largest absolute Gasteiger partial charge is 0.494 e. The minimum absolute atomic E-state index is 0.0582. The Morgan fingerprint density at radius 3 is 2.54 bits per heavy atom. The van der Waals surface area contributed by atoms with E-state index in [9.17, 15) is 4.79 Å². The van der Waals surface area contributed by atoms with E-state index in [4.69, 9.17) is 9.47 Å². The van der Waals surface area contributed by atoms with E-state index in [0.29, 0.717) is 18.9 Å². The number of aromatic nitrogens is 2. The fourth-order valence-electron chi connectivity index (χ4n) is 2.47. The number of benzene rings is 2. The molecule has 1 aromatic heterocycles. The summed E-state index contributed by atoms with van der Waals surface area (Å²) in [6.45, 7) is 3.14. The van der Waals surface area contributed by atoms with E-state index in [1.807, 2.05) is 60.3 Å². The quantitative estimate of drug-likeness (QED) is 0.676. The van der Waals surface area contributed by atoms with Gasteiger partial charge in [-0.25, -0.2) is 0 Å². The summed E-state index contributed by atoms with van der Waals surface area (Å²) in [5, 5.41) is 7.03. The van der Waals surface area contributed by atoms with Gasteiger partial charge in [-0.3, -0.25) is 9.48 Å². The molecular formula is C20H21N3O3. The number of rotatable bonds is 8. The molecule has 3 aromatic rings. The van der Waals surface area contributed by atoms with Crippen molar-refractivity contribution in [1.29, 1.82) is 0 Å². The summed E-state index contributed by atoms with van der Waals surface area (Å²) in [6.07, 6.45) is 3.64. The third-order valence-corrected chi connectivity index (χ3v) is 3.62. The maximum atomic E-state index is 12.1. The van der Waals surface area contributed by atoms with Gasteiger partial charge in [0.2, 0.25) is 0 Å². The third kappa shape index (κ3) is 5.11. The van der Waals surface area contributed by atoms with E-state index >= 15 is 0 Å². The van der Waals surface area contributed by atoms with Crippen LogP contribution in [0.25, 0.3) is 0 Å². The number of anilines is 1. The average molecular weight is 351 g/mol. The highest BCUT2D eigenvalue weighted by Crippen LogP contribution is 2.17. The zero-order valence-electron chi connectivity index (χ0n) is 14.6. The molecule has 1 N–H and O–H groups in total. The van der Waals surface area contributed by atoms with Crippen molar-refractivity contribution in [2.45, 2.75) is 13.5 Å². The smallest absolute Gasteiger partial charge is 0.262 e. The third-order valence-electron chi connectivity index (χ3n) is 3.62. The summed E-state index contributed by atoms with van der Waals surface area (Å²) in [5.74, 6) is 1.18. The summed E-state index contributed by atoms with van der Waals surface area (Å²) in [4.78, 5) is 12.1. The Hall–Kier alpha value is -3.28. The van der Waals surface area contributed by atoms with Crippen LogP contribution in [0, 0.1) is 0 Å². The zero-order valence-corrected chi connectivity index (χ0v) is 14.6. The van der Waals surface area contributed by atoms with Gasteiger partial charge in [-0.2, -0.15) is 5.10 Å². The van der Waals surface area contributed by atoms with Crippen LogP contribution in [0.15, 0.2) is 67.0 Å². The highest BCUT2D eigenvalue weighted by Gasteiger charge is 2.05. The average Bonchev–Trinajstić information content (AvgIpc) is 3.15. The summed E-state index contributed by atoms with van der Waals surface area (Å²) in [7, 11) is 0. The summed E-state index contributed by atoms with van der Waals surface area (Å²) in [5.41, 5.74) is 1.79. The molecule has 0 spiro atoms. The van der Waals surface area contributed by atoms with Gasteiger partial charge in [-0.1, -0.05) is 12.1 Å². The van der Waals surface area contributed by atoms with Crippen LogP contribution in [0.3, 0.4) is 0 Å². The van der Waals surface area contributed by atoms with Crippen molar-refractivity contribution >= 4 is 11.6 Å². The number of hydrogen-bond donors (Lipinski definition) is 1. The molecule has 0 unspecified atom stereocenters. The molecule has 0 aliphatic carbocycles. The van der Waals surface area contributed by atoms with E-state index in [1.54, 1.807) is 18.3 Å². The number of carbonyl (C=O) groups is 1. The van der Waals surface area contributed by atoms with E-state index < -0.39 is 0 Å². The second-order valence-electron chi connectivity index (χ2n) is 5.65. The molecule has 3 rings (SSSR count). The number of amides is 1. The lowest BCUT2D eigenvalue weighted by Gasteiger charge is -2.10. The van der Waals surface area contributed by atoms with Crippen LogP contribution >= 0.6 is 0 Å². The first-order valence-electron chi connectivity index (χ1n) is 8.45. The molecule has 26 heavy (non-hydrogen) atoms. The van der Waals surface area contributed by atoms with Crippen molar-refractivity contribution in [2.75, 3.05) is 18.5 Å². The van der Waals surface area contributed by atoms with Crippen molar-refractivity contribution < 1.29 is 14.3 Å². The predicted octanol–water partition coefficient (Wildman–Crippen LogP) is 3.35. The normalized spacial score (nSPS) is 10.3. The molecule has 6 heteroatoms. The van der Waals surface area contributed by atoms with E-state index in [2.05, 4.69) is 10.4 Å². The second-order valence-corrected chi connectivity index (χ2v) is 5.65. The monoisotopic (exact) mass is 351 g/mol. The topological polar surface area (TPSA) is 65.4 Å². The molecule has 6 nitrogen and oxygen atoms in total. The molecule has 2 aromatic carbocycles. The second kappa shape index (κ2) is 8.71. The molecule has 0 bridgehead atoms. The molecule has 0 fully saturated rings. The Morgan fingerprint density at radius 1 is 1.08 bits per heavy atom. The molecule has 1 heterocycles. The first kappa shape index (κ1) is 17.5. The van der Waals surface area contributed by atoms with Gasteiger partial charge in [0, 0.05) is 18.1 Å². The molecule has 0 saturated carbocycles. The first-order valence-corrected chi connectivity index (χ1v) is 8.45. The fourth-order valence-corrected chi connectivity index (χ4v) is 2.47. The van der Waals surface area contributed by atoms with Crippen molar-refractivity contribution in [3.05, 3.63) is 72.6 Å². The van der Waals surface area contributed by atoms with Crippen LogP contribution in [-0.2, 0) is 11.3 Å². The van der Waals surface area contributed by atoms with E-state index in [1.165, 1.54) is 0 Å². The van der Waals surface area contributed by atoms with E-state index in [-0.39, 0.29) is 12.5 Å².